The van der Waals surface area contributed by atoms with E-state index in [4.69, 9.17) is 4.74 Å². The maximum Gasteiger partial charge on any atom is 0.163 e. The van der Waals surface area contributed by atoms with Crippen molar-refractivity contribution in [3.05, 3.63) is 40.1 Å². The quantitative estimate of drug-likeness (QED) is 0.813. The molecule has 0 aliphatic carbocycles. The molecule has 0 radical (unpaired) electrons. The van der Waals surface area contributed by atoms with E-state index in [0.717, 1.165) is 15.8 Å². The number of hydrogen-bond donors (Lipinski definition) is 0. The Kier molecular flexibility index (Phi) is 3.95. The highest BCUT2D eigenvalue weighted by molar-refractivity contribution is 9.10. The van der Waals surface area contributed by atoms with E-state index in [2.05, 4.69) is 25.9 Å². The fraction of sp³-hybridized carbons (Fsp3) is 0.214. The number of nitrogens with zero attached hydrogens (tertiary/aromatic N) is 2. The molecule has 0 aliphatic rings. The SMILES string of the molecule is COc1ccc(-c2ncc(C(C)=O)c(C)n2)cc1Br. The molecule has 0 saturated heterocycles. The predicted molar refractivity (Wildman–Crippen MR) is 76.5 cm³/mol. The Bertz CT molecular complexity index is 641. The average molecular weight is 321 g/mol. The van der Waals surface area contributed by atoms with Gasteiger partial charge < -0.3 is 4.74 Å². The number of benzene rings is 1. The molecule has 0 N–H and O–H groups in total. The van der Waals surface area contributed by atoms with E-state index in [1.54, 1.807) is 20.2 Å². The summed E-state index contributed by atoms with van der Waals surface area (Å²) in [6, 6.07) is 5.61. The van der Waals surface area contributed by atoms with Crippen LogP contribution in [0, 0.1) is 6.92 Å². The van der Waals surface area contributed by atoms with Crippen LogP contribution in [0.15, 0.2) is 28.9 Å². The largest absolute Gasteiger partial charge is 0.496 e. The summed E-state index contributed by atoms with van der Waals surface area (Å²) in [5.74, 6) is 1.31. The maximum atomic E-state index is 11.3. The van der Waals surface area contributed by atoms with E-state index in [1.165, 1.54) is 6.92 Å². The van der Waals surface area contributed by atoms with Crippen LogP contribution < -0.4 is 4.74 Å². The normalized spacial score (nSPS) is 10.3. The first-order valence-corrected chi connectivity index (χ1v) is 6.50. The Morgan fingerprint density at radius 3 is 2.63 bits per heavy atom. The van der Waals surface area contributed by atoms with Crippen LogP contribution in [0.5, 0.6) is 5.75 Å². The second-order valence-electron chi connectivity index (χ2n) is 4.10. The van der Waals surface area contributed by atoms with E-state index in [1.807, 2.05) is 18.2 Å². The van der Waals surface area contributed by atoms with Crippen LogP contribution in [0.2, 0.25) is 0 Å². The number of methoxy groups -OCH3 is 1. The van der Waals surface area contributed by atoms with Crippen LogP contribution in [0.25, 0.3) is 11.4 Å². The first-order chi connectivity index (χ1) is 9.02. The molecular weight excluding hydrogens is 308 g/mol. The van der Waals surface area contributed by atoms with Crippen LogP contribution in [0.4, 0.5) is 0 Å². The first kappa shape index (κ1) is 13.7. The number of aryl methyl sites for hydroxylation is 1. The van der Waals surface area contributed by atoms with Gasteiger partial charge in [-0.3, -0.25) is 4.79 Å². The molecule has 98 valence electrons. The van der Waals surface area contributed by atoms with Gasteiger partial charge in [-0.1, -0.05) is 0 Å². The van der Waals surface area contributed by atoms with E-state index >= 15 is 0 Å². The van der Waals surface area contributed by atoms with Gasteiger partial charge in [0.25, 0.3) is 0 Å². The summed E-state index contributed by atoms with van der Waals surface area (Å²) >= 11 is 3.43. The molecule has 0 aliphatic heterocycles. The number of halogens is 1. The molecule has 2 aromatic rings. The molecule has 0 atom stereocenters. The van der Waals surface area contributed by atoms with Crippen molar-refractivity contribution in [1.29, 1.82) is 0 Å². The number of aromatic nitrogens is 2. The second kappa shape index (κ2) is 5.48. The lowest BCUT2D eigenvalue weighted by Crippen LogP contribution is -2.02. The van der Waals surface area contributed by atoms with E-state index in [-0.39, 0.29) is 5.78 Å². The van der Waals surface area contributed by atoms with E-state index < -0.39 is 0 Å². The van der Waals surface area contributed by atoms with Crippen molar-refractivity contribution in [2.45, 2.75) is 13.8 Å². The smallest absolute Gasteiger partial charge is 0.163 e. The van der Waals surface area contributed by atoms with Crippen molar-refractivity contribution >= 4 is 21.7 Å². The summed E-state index contributed by atoms with van der Waals surface area (Å²) in [6.07, 6.45) is 1.57. The maximum absolute atomic E-state index is 11.3. The fourth-order valence-corrected chi connectivity index (χ4v) is 2.30. The van der Waals surface area contributed by atoms with Crippen molar-refractivity contribution in [2.24, 2.45) is 0 Å². The minimum absolute atomic E-state index is 0.0278. The lowest BCUT2D eigenvalue weighted by atomic mass is 10.1. The monoisotopic (exact) mass is 320 g/mol. The molecule has 0 fully saturated rings. The number of ketones is 1. The van der Waals surface area contributed by atoms with Crippen LogP contribution in [0.3, 0.4) is 0 Å². The topological polar surface area (TPSA) is 52.1 Å². The van der Waals surface area contributed by atoms with Crippen LogP contribution in [-0.4, -0.2) is 22.9 Å². The fourth-order valence-electron chi connectivity index (χ4n) is 1.76. The Hall–Kier alpha value is -1.75. The molecule has 0 spiro atoms. The van der Waals surface area contributed by atoms with Gasteiger partial charge >= 0.3 is 0 Å². The molecule has 0 amide bonds. The Labute approximate surface area is 120 Å². The molecule has 0 unspecified atom stereocenters. The van der Waals surface area contributed by atoms with Crippen LogP contribution >= 0.6 is 15.9 Å². The molecule has 4 nitrogen and oxygen atoms in total. The highest BCUT2D eigenvalue weighted by Gasteiger charge is 2.10. The number of carbonyl (C=O) groups is 1. The lowest BCUT2D eigenvalue weighted by molar-refractivity contribution is 0.101. The minimum atomic E-state index is -0.0278. The zero-order chi connectivity index (χ0) is 14.0. The zero-order valence-corrected chi connectivity index (χ0v) is 12.5. The second-order valence-corrected chi connectivity index (χ2v) is 4.95. The Morgan fingerprint density at radius 2 is 2.11 bits per heavy atom. The van der Waals surface area contributed by atoms with Gasteiger partial charge in [0.1, 0.15) is 5.75 Å². The third-order valence-corrected chi connectivity index (χ3v) is 3.39. The summed E-state index contributed by atoms with van der Waals surface area (Å²) in [7, 11) is 1.61. The van der Waals surface area contributed by atoms with Gasteiger partial charge in [0.2, 0.25) is 0 Å². The van der Waals surface area contributed by atoms with Gasteiger partial charge in [-0.2, -0.15) is 0 Å². The minimum Gasteiger partial charge on any atom is -0.496 e. The molecule has 2 rings (SSSR count). The third kappa shape index (κ3) is 2.81. The van der Waals surface area contributed by atoms with Crippen LogP contribution in [-0.2, 0) is 0 Å². The summed E-state index contributed by atoms with van der Waals surface area (Å²) in [5.41, 5.74) is 2.10. The highest BCUT2D eigenvalue weighted by Crippen LogP contribution is 2.29. The van der Waals surface area contributed by atoms with Gasteiger partial charge in [0, 0.05) is 11.8 Å². The van der Waals surface area contributed by atoms with Crippen molar-refractivity contribution < 1.29 is 9.53 Å². The average Bonchev–Trinajstić information content (AvgIpc) is 2.38. The molecule has 1 aromatic heterocycles. The highest BCUT2D eigenvalue weighted by atomic mass is 79.9. The Morgan fingerprint density at radius 1 is 1.37 bits per heavy atom. The number of rotatable bonds is 3. The Balaban J connectivity index is 2.45. The molecule has 19 heavy (non-hydrogen) atoms. The molecular formula is C14H13BrN2O2. The van der Waals surface area contributed by atoms with Crippen molar-refractivity contribution in [2.75, 3.05) is 7.11 Å². The summed E-state index contributed by atoms with van der Waals surface area (Å²) in [6.45, 7) is 3.32. The summed E-state index contributed by atoms with van der Waals surface area (Å²) < 4.78 is 6.02. The summed E-state index contributed by atoms with van der Waals surface area (Å²) in [5, 5.41) is 0. The molecule has 1 aromatic carbocycles. The predicted octanol–water partition coefficient (Wildman–Crippen LogP) is 3.43. The standard InChI is InChI=1S/C14H13BrN2O2/c1-8-11(9(2)18)7-16-14(17-8)10-4-5-13(19-3)12(15)6-10/h4-7H,1-3H3. The zero-order valence-electron chi connectivity index (χ0n) is 10.9. The molecule has 1 heterocycles. The molecule has 5 heteroatoms. The molecule has 0 bridgehead atoms. The van der Waals surface area contributed by atoms with E-state index in [0.29, 0.717) is 17.1 Å². The lowest BCUT2D eigenvalue weighted by Gasteiger charge is -2.07. The first-order valence-electron chi connectivity index (χ1n) is 5.71. The van der Waals surface area contributed by atoms with Gasteiger partial charge in [0.15, 0.2) is 11.6 Å². The number of hydrogen-bond acceptors (Lipinski definition) is 4. The van der Waals surface area contributed by atoms with Gasteiger partial charge in [0.05, 0.1) is 22.8 Å². The van der Waals surface area contributed by atoms with Gasteiger partial charge in [-0.15, -0.1) is 0 Å². The number of carbonyl (C=O) groups excluding carboxylic acids is 1. The number of ether oxygens (including phenoxy) is 1. The van der Waals surface area contributed by atoms with Gasteiger partial charge in [-0.25, -0.2) is 9.97 Å². The van der Waals surface area contributed by atoms with Crippen molar-refractivity contribution in [1.82, 2.24) is 9.97 Å². The third-order valence-electron chi connectivity index (χ3n) is 2.77. The van der Waals surface area contributed by atoms with Crippen molar-refractivity contribution in [3.63, 3.8) is 0 Å². The van der Waals surface area contributed by atoms with Crippen molar-refractivity contribution in [3.8, 4) is 17.1 Å². The van der Waals surface area contributed by atoms with Crippen LogP contribution in [0.1, 0.15) is 23.0 Å². The van der Waals surface area contributed by atoms with E-state index in [9.17, 15) is 4.79 Å². The summed E-state index contributed by atoms with van der Waals surface area (Å²) in [4.78, 5) is 19.9. The van der Waals surface area contributed by atoms with Gasteiger partial charge in [-0.05, 0) is 48.0 Å². The molecule has 0 saturated carbocycles. The number of Topliss-reactive ketones (excluding diaryl/α,β-unsaturated/α-hetero) is 1.